The zero-order chi connectivity index (χ0) is 17.0. The summed E-state index contributed by atoms with van der Waals surface area (Å²) in [7, 11) is 2.21. The van der Waals surface area contributed by atoms with Gasteiger partial charge in [0.25, 0.3) is 0 Å². The van der Waals surface area contributed by atoms with Crippen molar-refractivity contribution in [2.24, 2.45) is 11.8 Å². The van der Waals surface area contributed by atoms with Crippen LogP contribution in [0.4, 0.5) is 4.79 Å². The fourth-order valence-corrected chi connectivity index (χ4v) is 3.46. The van der Waals surface area contributed by atoms with E-state index in [0.29, 0.717) is 30.5 Å². The van der Waals surface area contributed by atoms with Crippen molar-refractivity contribution in [2.45, 2.75) is 71.1 Å². The average Bonchev–Trinajstić information content (AvgIpc) is 3.25. The Hall–Kier alpha value is -0.810. The van der Waals surface area contributed by atoms with Crippen LogP contribution in [-0.2, 0) is 4.74 Å². The lowest BCUT2D eigenvalue weighted by atomic mass is 9.91. The Morgan fingerprint density at radius 1 is 1.26 bits per heavy atom. The van der Waals surface area contributed by atoms with E-state index in [-0.39, 0.29) is 6.09 Å². The van der Waals surface area contributed by atoms with Crippen molar-refractivity contribution >= 4 is 6.09 Å². The summed E-state index contributed by atoms with van der Waals surface area (Å²) in [4.78, 5) is 14.3. The number of carbonyl (C=O) groups is 1. The highest BCUT2D eigenvalue weighted by Gasteiger charge is 2.34. The van der Waals surface area contributed by atoms with Crippen LogP contribution < -0.4 is 10.6 Å². The van der Waals surface area contributed by atoms with E-state index in [4.69, 9.17) is 4.74 Å². The summed E-state index contributed by atoms with van der Waals surface area (Å²) >= 11 is 0. The van der Waals surface area contributed by atoms with Crippen molar-refractivity contribution < 1.29 is 9.53 Å². The fourth-order valence-electron chi connectivity index (χ4n) is 3.46. The maximum atomic E-state index is 11.9. The quantitative estimate of drug-likeness (QED) is 0.788. The summed E-state index contributed by atoms with van der Waals surface area (Å²) in [6, 6.07) is 0.855. The van der Waals surface area contributed by atoms with Gasteiger partial charge in [-0.15, -0.1) is 0 Å². The van der Waals surface area contributed by atoms with Gasteiger partial charge in [-0.05, 0) is 78.8 Å². The number of hydrogen-bond donors (Lipinski definition) is 2. The van der Waals surface area contributed by atoms with Gasteiger partial charge in [-0.25, -0.2) is 4.79 Å². The van der Waals surface area contributed by atoms with Gasteiger partial charge < -0.3 is 20.3 Å². The van der Waals surface area contributed by atoms with Gasteiger partial charge in [0.15, 0.2) is 0 Å². The molecule has 1 saturated carbocycles. The molecule has 134 valence electrons. The van der Waals surface area contributed by atoms with E-state index in [1.54, 1.807) is 0 Å². The molecule has 2 aliphatic rings. The lowest BCUT2D eigenvalue weighted by molar-refractivity contribution is 0.0518. The minimum Gasteiger partial charge on any atom is -0.444 e. The first-order valence-electron chi connectivity index (χ1n) is 9.16. The van der Waals surface area contributed by atoms with Crippen molar-refractivity contribution in [2.75, 3.05) is 26.7 Å². The van der Waals surface area contributed by atoms with E-state index in [2.05, 4.69) is 29.5 Å². The molecule has 1 amide bonds. The van der Waals surface area contributed by atoms with Gasteiger partial charge >= 0.3 is 6.09 Å². The van der Waals surface area contributed by atoms with Crippen LogP contribution in [0.5, 0.6) is 0 Å². The molecule has 2 N–H and O–H groups in total. The van der Waals surface area contributed by atoms with E-state index in [9.17, 15) is 4.79 Å². The highest BCUT2D eigenvalue weighted by Crippen LogP contribution is 2.33. The molecule has 0 aromatic heterocycles. The van der Waals surface area contributed by atoms with Crippen LogP contribution in [0.15, 0.2) is 0 Å². The van der Waals surface area contributed by atoms with Gasteiger partial charge in [0.1, 0.15) is 5.60 Å². The van der Waals surface area contributed by atoms with Crippen molar-refractivity contribution in [1.82, 2.24) is 15.5 Å². The van der Waals surface area contributed by atoms with Gasteiger partial charge in [0, 0.05) is 25.2 Å². The first kappa shape index (κ1) is 18.5. The second kappa shape index (κ2) is 7.84. The Balaban J connectivity index is 1.78. The number of carbonyl (C=O) groups excluding carboxylic acids is 1. The summed E-state index contributed by atoms with van der Waals surface area (Å²) in [5.41, 5.74) is -0.438. The molecular weight excluding hydrogens is 290 g/mol. The van der Waals surface area contributed by atoms with Gasteiger partial charge in [-0.1, -0.05) is 0 Å². The number of ether oxygens (including phenoxy) is 1. The molecule has 1 saturated heterocycles. The summed E-state index contributed by atoms with van der Waals surface area (Å²) < 4.78 is 5.34. The highest BCUT2D eigenvalue weighted by atomic mass is 16.6. The molecule has 3 unspecified atom stereocenters. The third-order valence-corrected chi connectivity index (χ3v) is 4.90. The molecule has 3 atom stereocenters. The molecule has 2 rings (SSSR count). The minimum absolute atomic E-state index is 0.310. The number of rotatable bonds is 6. The first-order chi connectivity index (χ1) is 10.7. The Bertz CT molecular complexity index is 390. The van der Waals surface area contributed by atoms with Crippen LogP contribution in [-0.4, -0.2) is 55.4 Å². The smallest absolute Gasteiger partial charge is 0.407 e. The fraction of sp³-hybridized carbons (Fsp3) is 0.944. The largest absolute Gasteiger partial charge is 0.444 e. The predicted octanol–water partition coefficient (Wildman–Crippen LogP) is 2.61. The molecule has 0 radical (unpaired) electrons. The number of nitrogens with one attached hydrogen (secondary N) is 2. The number of amides is 1. The average molecular weight is 325 g/mol. The van der Waals surface area contributed by atoms with Gasteiger partial charge in [-0.3, -0.25) is 0 Å². The van der Waals surface area contributed by atoms with E-state index in [1.165, 1.54) is 38.8 Å². The molecule has 1 aliphatic carbocycles. The molecule has 5 heteroatoms. The zero-order valence-electron chi connectivity index (χ0n) is 15.5. The molecular formula is C18H35N3O2. The van der Waals surface area contributed by atoms with E-state index in [1.807, 2.05) is 20.8 Å². The second-order valence-corrected chi connectivity index (χ2v) is 8.45. The van der Waals surface area contributed by atoms with Crippen LogP contribution in [0, 0.1) is 11.8 Å². The van der Waals surface area contributed by atoms with Crippen molar-refractivity contribution in [3.05, 3.63) is 0 Å². The normalized spacial score (nSPS) is 25.7. The van der Waals surface area contributed by atoms with Crippen LogP contribution in [0.25, 0.3) is 0 Å². The molecule has 5 nitrogen and oxygen atoms in total. The van der Waals surface area contributed by atoms with Crippen LogP contribution in [0.2, 0.25) is 0 Å². The van der Waals surface area contributed by atoms with Crippen LogP contribution in [0.1, 0.15) is 53.4 Å². The van der Waals surface area contributed by atoms with Gasteiger partial charge in [0.05, 0.1) is 0 Å². The molecule has 0 spiro atoms. The third-order valence-electron chi connectivity index (χ3n) is 4.90. The lowest BCUT2D eigenvalue weighted by Gasteiger charge is -2.36. The predicted molar refractivity (Wildman–Crippen MR) is 93.6 cm³/mol. The Labute approximate surface area is 141 Å². The number of likely N-dealkylation sites (tertiary alicyclic amines) is 1. The van der Waals surface area contributed by atoms with Crippen LogP contribution >= 0.6 is 0 Å². The van der Waals surface area contributed by atoms with Crippen molar-refractivity contribution in [3.8, 4) is 0 Å². The molecule has 2 fully saturated rings. The van der Waals surface area contributed by atoms with E-state index >= 15 is 0 Å². The number of nitrogens with zero attached hydrogens (tertiary/aromatic N) is 1. The van der Waals surface area contributed by atoms with E-state index < -0.39 is 5.60 Å². The van der Waals surface area contributed by atoms with Crippen molar-refractivity contribution in [3.63, 3.8) is 0 Å². The summed E-state index contributed by atoms with van der Waals surface area (Å²) in [5, 5.41) is 6.73. The topological polar surface area (TPSA) is 53.6 Å². The summed E-state index contributed by atoms with van der Waals surface area (Å²) in [6.45, 7) is 11.0. The molecule has 23 heavy (non-hydrogen) atoms. The highest BCUT2D eigenvalue weighted by molar-refractivity contribution is 5.67. The molecule has 1 aliphatic heterocycles. The summed E-state index contributed by atoms with van der Waals surface area (Å²) in [6.07, 6.45) is 4.82. The Morgan fingerprint density at radius 2 is 1.96 bits per heavy atom. The number of hydrogen-bond acceptors (Lipinski definition) is 4. The first-order valence-corrected chi connectivity index (χ1v) is 9.16. The molecule has 0 bridgehead atoms. The standard InChI is InChI=1S/C18H35N3O2/c1-13(15-7-6-10-21(5)12-15)20-16(14-8-9-14)11-19-17(22)23-18(2,3)4/h13-16,20H,6-12H2,1-5H3,(H,19,22). The summed E-state index contributed by atoms with van der Waals surface area (Å²) in [5.74, 6) is 1.41. The molecule has 0 aromatic rings. The third kappa shape index (κ3) is 6.68. The number of piperidine rings is 1. The molecule has 1 heterocycles. The second-order valence-electron chi connectivity index (χ2n) is 8.45. The van der Waals surface area contributed by atoms with Crippen LogP contribution in [0.3, 0.4) is 0 Å². The minimum atomic E-state index is -0.438. The zero-order valence-corrected chi connectivity index (χ0v) is 15.5. The number of alkyl carbamates (subject to hydrolysis) is 1. The van der Waals surface area contributed by atoms with E-state index in [0.717, 1.165) is 0 Å². The maximum absolute atomic E-state index is 11.9. The lowest BCUT2D eigenvalue weighted by Crippen LogP contribution is -2.51. The van der Waals surface area contributed by atoms with Crippen molar-refractivity contribution in [1.29, 1.82) is 0 Å². The van der Waals surface area contributed by atoms with Gasteiger partial charge in [0.2, 0.25) is 0 Å². The Kier molecular flexibility index (Phi) is 6.32. The maximum Gasteiger partial charge on any atom is 0.407 e. The monoisotopic (exact) mass is 325 g/mol. The van der Waals surface area contributed by atoms with Gasteiger partial charge in [-0.2, -0.15) is 0 Å². The Morgan fingerprint density at radius 3 is 2.52 bits per heavy atom. The molecule has 0 aromatic carbocycles. The SMILES string of the molecule is CC(NC(CNC(=O)OC(C)(C)C)C1CC1)C1CCCN(C)C1.